The van der Waals surface area contributed by atoms with E-state index in [1.54, 1.807) is 10.9 Å². The van der Waals surface area contributed by atoms with E-state index in [9.17, 15) is 15.0 Å². The summed E-state index contributed by atoms with van der Waals surface area (Å²) in [5.74, 6) is -0.405. The van der Waals surface area contributed by atoms with Crippen LogP contribution in [-0.2, 0) is 4.79 Å². The first-order valence-corrected chi connectivity index (χ1v) is 15.2. The highest BCUT2D eigenvalue weighted by atomic mass is 16.3. The zero-order valence-electron chi connectivity index (χ0n) is 24.2. The van der Waals surface area contributed by atoms with Crippen LogP contribution in [0.1, 0.15) is 48.8 Å². The van der Waals surface area contributed by atoms with E-state index in [-0.39, 0.29) is 12.3 Å². The molecule has 3 heterocycles. The van der Waals surface area contributed by atoms with E-state index in [1.165, 1.54) is 30.4 Å². The highest BCUT2D eigenvalue weighted by Gasteiger charge is 2.45. The van der Waals surface area contributed by atoms with Crippen LogP contribution in [-0.4, -0.2) is 85.5 Å². The summed E-state index contributed by atoms with van der Waals surface area (Å²) >= 11 is 0. The number of nitrogens with two attached hydrogens (primary N) is 1. The fourth-order valence-corrected chi connectivity index (χ4v) is 6.44. The largest absolute Gasteiger partial charge is 0.390 e. The SMILES string of the molecule is NC(=O)[C@H]1C[C@@H](n2cnc3c(NCC(c4ccccc4)c4ccccc4)nc(NCCN4CCCCC4)nc32)[C@H](O)[C@@H]1O. The fourth-order valence-electron chi connectivity index (χ4n) is 6.44. The van der Waals surface area contributed by atoms with Crippen LogP contribution >= 0.6 is 0 Å². The zero-order chi connectivity index (χ0) is 29.8. The minimum atomic E-state index is -1.25. The van der Waals surface area contributed by atoms with Gasteiger partial charge in [0.1, 0.15) is 6.10 Å². The minimum Gasteiger partial charge on any atom is -0.390 e. The number of carbonyl (C=O) groups excluding carboxylic acids is 1. The molecule has 4 atom stereocenters. The molecule has 226 valence electrons. The zero-order valence-corrected chi connectivity index (χ0v) is 24.2. The molecule has 1 saturated carbocycles. The summed E-state index contributed by atoms with van der Waals surface area (Å²) in [6, 6.07) is 20.1. The van der Waals surface area contributed by atoms with Crippen LogP contribution in [0.4, 0.5) is 11.8 Å². The molecule has 0 bridgehead atoms. The van der Waals surface area contributed by atoms with Crippen molar-refractivity contribution in [2.45, 2.75) is 49.9 Å². The third-order valence-electron chi connectivity index (χ3n) is 8.83. The predicted octanol–water partition coefficient (Wildman–Crippen LogP) is 2.74. The lowest BCUT2D eigenvalue weighted by atomic mass is 9.91. The summed E-state index contributed by atoms with van der Waals surface area (Å²) in [6.45, 7) is 4.34. The maximum Gasteiger partial charge on any atom is 0.226 e. The van der Waals surface area contributed by atoms with Crippen LogP contribution < -0.4 is 16.4 Å². The van der Waals surface area contributed by atoms with Gasteiger partial charge in [0.05, 0.1) is 24.4 Å². The summed E-state index contributed by atoms with van der Waals surface area (Å²) in [6.07, 6.45) is 3.09. The number of aromatic nitrogens is 4. The third-order valence-corrected chi connectivity index (χ3v) is 8.83. The molecule has 0 unspecified atom stereocenters. The first kappa shape index (κ1) is 29.0. The quantitative estimate of drug-likeness (QED) is 0.179. The number of amides is 1. The lowest BCUT2D eigenvalue weighted by Gasteiger charge is -2.26. The Labute approximate surface area is 251 Å². The lowest BCUT2D eigenvalue weighted by Crippen LogP contribution is -2.35. The van der Waals surface area contributed by atoms with Crippen LogP contribution in [0.25, 0.3) is 11.2 Å². The molecule has 1 saturated heterocycles. The first-order chi connectivity index (χ1) is 21.0. The maximum atomic E-state index is 12.0. The Bertz CT molecular complexity index is 1470. The lowest BCUT2D eigenvalue weighted by molar-refractivity contribution is -0.125. The van der Waals surface area contributed by atoms with Crippen LogP contribution in [0.5, 0.6) is 0 Å². The first-order valence-electron chi connectivity index (χ1n) is 15.2. The number of piperidine rings is 1. The Balaban J connectivity index is 1.31. The molecule has 2 aromatic carbocycles. The maximum absolute atomic E-state index is 12.0. The van der Waals surface area contributed by atoms with Crippen molar-refractivity contribution in [2.24, 2.45) is 11.7 Å². The summed E-state index contributed by atoms with van der Waals surface area (Å²) in [7, 11) is 0. The van der Waals surface area contributed by atoms with Crippen molar-refractivity contribution in [3.8, 4) is 0 Å². The number of fused-ring (bicyclic) bond motifs is 1. The number of likely N-dealkylation sites (tertiary alicyclic amines) is 1. The van der Waals surface area contributed by atoms with E-state index < -0.39 is 30.1 Å². The number of rotatable bonds is 11. The molecule has 6 rings (SSSR count). The van der Waals surface area contributed by atoms with Crippen molar-refractivity contribution in [1.29, 1.82) is 0 Å². The molecule has 1 amide bonds. The normalized spacial score (nSPS) is 22.7. The van der Waals surface area contributed by atoms with Crippen LogP contribution in [0.2, 0.25) is 0 Å². The summed E-state index contributed by atoms with van der Waals surface area (Å²) in [4.78, 5) is 28.7. The van der Waals surface area contributed by atoms with Crippen molar-refractivity contribution >= 4 is 28.8 Å². The smallest absolute Gasteiger partial charge is 0.226 e. The van der Waals surface area contributed by atoms with E-state index >= 15 is 0 Å². The number of primary amides is 1. The second-order valence-electron chi connectivity index (χ2n) is 11.6. The van der Waals surface area contributed by atoms with E-state index in [0.717, 1.165) is 19.6 Å². The van der Waals surface area contributed by atoms with Crippen LogP contribution in [0.15, 0.2) is 67.0 Å². The molecule has 11 heteroatoms. The molecular weight excluding hydrogens is 544 g/mol. The number of imidazole rings is 1. The Morgan fingerprint density at radius 2 is 1.60 bits per heavy atom. The highest BCUT2D eigenvalue weighted by molar-refractivity contribution is 5.84. The van der Waals surface area contributed by atoms with E-state index in [2.05, 4.69) is 44.8 Å². The molecule has 4 aromatic rings. The number of nitrogens with one attached hydrogen (secondary N) is 2. The highest BCUT2D eigenvalue weighted by Crippen LogP contribution is 2.37. The van der Waals surface area contributed by atoms with Crippen molar-refractivity contribution in [3.05, 3.63) is 78.1 Å². The van der Waals surface area contributed by atoms with Gasteiger partial charge in [-0.1, -0.05) is 67.1 Å². The Morgan fingerprint density at radius 1 is 0.930 bits per heavy atom. The van der Waals surface area contributed by atoms with Crippen molar-refractivity contribution in [1.82, 2.24) is 24.4 Å². The number of aliphatic hydroxyl groups is 2. The van der Waals surface area contributed by atoms with Crippen LogP contribution in [0, 0.1) is 5.92 Å². The van der Waals surface area contributed by atoms with Gasteiger partial charge >= 0.3 is 0 Å². The predicted molar refractivity (Wildman–Crippen MR) is 166 cm³/mol. The summed E-state index contributed by atoms with van der Waals surface area (Å²) in [5.41, 5.74) is 8.94. The Kier molecular flexibility index (Phi) is 8.82. The number of anilines is 2. The number of nitrogens with zero attached hydrogens (tertiary/aromatic N) is 5. The standard InChI is InChI=1S/C32H40N8O3/c33-29(43)23-18-25(28(42)27(23)41)40-20-36-26-30(37-32(38-31(26)40)34-14-17-39-15-8-3-9-16-39)35-19-24(21-10-4-1-5-11-21)22-12-6-2-7-13-22/h1-2,4-7,10-13,20,23-25,27-28,41-42H,3,8-9,14-19H2,(H2,33,43)(H2,34,35,37,38)/t23-,25+,27+,28-/m0/s1. The molecule has 2 aliphatic rings. The summed E-state index contributed by atoms with van der Waals surface area (Å²) in [5, 5.41) is 28.4. The van der Waals surface area contributed by atoms with E-state index in [0.29, 0.717) is 36.0 Å². The monoisotopic (exact) mass is 584 g/mol. The van der Waals surface area contributed by atoms with E-state index in [4.69, 9.17) is 15.7 Å². The van der Waals surface area contributed by atoms with Gasteiger partial charge in [-0.2, -0.15) is 9.97 Å². The van der Waals surface area contributed by atoms with Crippen molar-refractivity contribution in [2.75, 3.05) is 43.4 Å². The fraction of sp³-hybridized carbons (Fsp3) is 0.438. The molecule has 11 nitrogen and oxygen atoms in total. The number of benzene rings is 2. The van der Waals surface area contributed by atoms with E-state index in [1.807, 2.05) is 36.4 Å². The van der Waals surface area contributed by atoms with Gasteiger partial charge in [-0.05, 0) is 43.5 Å². The molecule has 0 spiro atoms. The number of hydrogen-bond acceptors (Lipinski definition) is 9. The van der Waals surface area contributed by atoms with Gasteiger partial charge in [-0.3, -0.25) is 4.79 Å². The molecule has 6 N–H and O–H groups in total. The van der Waals surface area contributed by atoms with Gasteiger partial charge in [0.25, 0.3) is 0 Å². The van der Waals surface area contributed by atoms with Crippen molar-refractivity contribution in [3.63, 3.8) is 0 Å². The molecule has 43 heavy (non-hydrogen) atoms. The van der Waals surface area contributed by atoms with Gasteiger partial charge in [0.2, 0.25) is 11.9 Å². The second kappa shape index (κ2) is 13.1. The molecule has 1 aliphatic carbocycles. The Hall–Kier alpha value is -4.06. The molecular formula is C32H40N8O3. The van der Waals surface area contributed by atoms with Gasteiger partial charge in [0, 0.05) is 25.6 Å². The Morgan fingerprint density at radius 3 is 2.23 bits per heavy atom. The average molecular weight is 585 g/mol. The molecule has 1 aliphatic heterocycles. The average Bonchev–Trinajstić information content (AvgIpc) is 3.59. The molecule has 0 radical (unpaired) electrons. The van der Waals surface area contributed by atoms with Gasteiger partial charge in [0.15, 0.2) is 17.0 Å². The summed E-state index contributed by atoms with van der Waals surface area (Å²) < 4.78 is 1.74. The molecule has 2 fully saturated rings. The number of aliphatic hydroxyl groups excluding tert-OH is 2. The van der Waals surface area contributed by atoms with Gasteiger partial charge in [-0.15, -0.1) is 0 Å². The third kappa shape index (κ3) is 6.34. The van der Waals surface area contributed by atoms with Gasteiger partial charge in [-0.25, -0.2) is 4.98 Å². The minimum absolute atomic E-state index is 0.0631. The number of carbonyl (C=O) groups is 1. The molecule has 2 aromatic heterocycles. The van der Waals surface area contributed by atoms with Crippen LogP contribution in [0.3, 0.4) is 0 Å². The van der Waals surface area contributed by atoms with Gasteiger partial charge < -0.3 is 36.0 Å². The topological polar surface area (TPSA) is 154 Å². The second-order valence-corrected chi connectivity index (χ2v) is 11.6. The number of hydrogen-bond donors (Lipinski definition) is 5. The van der Waals surface area contributed by atoms with Crippen molar-refractivity contribution < 1.29 is 15.0 Å².